The maximum atomic E-state index is 12.3. The van der Waals surface area contributed by atoms with E-state index in [1.54, 1.807) is 15.8 Å². The molecule has 1 aliphatic heterocycles. The number of rotatable bonds is 3. The standard InChI is InChI=1S/C16H24N6O2/c1-16(2,3)24-15(23)22-7-5-6-11(22)8-17-13-12-9-20-21(4)14(12)19-10-18-13/h9-11H,5-8H2,1-4H3,(H,17,18,19)/t11-/m0/s1. The van der Waals surface area contributed by atoms with Crippen LogP contribution in [0.5, 0.6) is 0 Å². The SMILES string of the molecule is Cn1ncc2c(NC[C@@H]3CCCN3C(=O)OC(C)(C)C)ncnc21. The second kappa shape index (κ2) is 6.26. The summed E-state index contributed by atoms with van der Waals surface area (Å²) in [7, 11) is 1.85. The molecule has 0 aliphatic carbocycles. The molecule has 0 bridgehead atoms. The predicted octanol–water partition coefficient (Wildman–Crippen LogP) is 2.17. The Bertz CT molecular complexity index is 736. The molecule has 2 aromatic heterocycles. The summed E-state index contributed by atoms with van der Waals surface area (Å²) in [6.45, 7) is 7.00. The topological polar surface area (TPSA) is 85.2 Å². The number of ether oxygens (including phenoxy) is 1. The summed E-state index contributed by atoms with van der Waals surface area (Å²) in [5.74, 6) is 0.740. The maximum Gasteiger partial charge on any atom is 0.410 e. The van der Waals surface area contributed by atoms with Gasteiger partial charge in [0.1, 0.15) is 17.7 Å². The van der Waals surface area contributed by atoms with E-state index in [0.29, 0.717) is 6.54 Å². The van der Waals surface area contributed by atoms with Gasteiger partial charge in [0.2, 0.25) is 0 Å². The van der Waals surface area contributed by atoms with Crippen molar-refractivity contribution < 1.29 is 9.53 Å². The van der Waals surface area contributed by atoms with Crippen LogP contribution in [0.25, 0.3) is 11.0 Å². The van der Waals surface area contributed by atoms with Gasteiger partial charge in [-0.3, -0.25) is 4.68 Å². The predicted molar refractivity (Wildman–Crippen MR) is 90.8 cm³/mol. The van der Waals surface area contributed by atoms with Gasteiger partial charge in [0.15, 0.2) is 5.65 Å². The van der Waals surface area contributed by atoms with E-state index in [4.69, 9.17) is 4.74 Å². The van der Waals surface area contributed by atoms with Crippen molar-refractivity contribution in [3.05, 3.63) is 12.5 Å². The van der Waals surface area contributed by atoms with Gasteiger partial charge in [-0.15, -0.1) is 0 Å². The van der Waals surface area contributed by atoms with Crippen LogP contribution >= 0.6 is 0 Å². The quantitative estimate of drug-likeness (QED) is 0.927. The van der Waals surface area contributed by atoms with Crippen LogP contribution in [-0.4, -0.2) is 55.5 Å². The van der Waals surface area contributed by atoms with E-state index in [2.05, 4.69) is 20.4 Å². The first-order chi connectivity index (χ1) is 11.3. The second-order valence-corrected chi connectivity index (χ2v) is 7.08. The van der Waals surface area contributed by atoms with Crippen LogP contribution in [0.3, 0.4) is 0 Å². The molecule has 3 rings (SSSR count). The Morgan fingerprint density at radius 1 is 1.42 bits per heavy atom. The molecule has 1 aliphatic rings. The van der Waals surface area contributed by atoms with Crippen molar-refractivity contribution in [3.8, 4) is 0 Å². The zero-order valence-electron chi connectivity index (χ0n) is 14.6. The number of amides is 1. The van der Waals surface area contributed by atoms with Crippen molar-refractivity contribution in [1.29, 1.82) is 0 Å². The fourth-order valence-electron chi connectivity index (χ4n) is 2.93. The van der Waals surface area contributed by atoms with Gasteiger partial charge in [-0.1, -0.05) is 0 Å². The van der Waals surface area contributed by atoms with E-state index in [1.807, 2.05) is 27.8 Å². The minimum absolute atomic E-state index is 0.0986. The van der Waals surface area contributed by atoms with Crippen LogP contribution in [0.15, 0.2) is 12.5 Å². The minimum atomic E-state index is -0.480. The second-order valence-electron chi connectivity index (χ2n) is 7.08. The van der Waals surface area contributed by atoms with Gasteiger partial charge >= 0.3 is 6.09 Å². The average molecular weight is 332 g/mol. The fraction of sp³-hybridized carbons (Fsp3) is 0.625. The number of hydrogen-bond donors (Lipinski definition) is 1. The monoisotopic (exact) mass is 332 g/mol. The molecule has 1 N–H and O–H groups in total. The number of likely N-dealkylation sites (tertiary alicyclic amines) is 1. The zero-order chi connectivity index (χ0) is 17.3. The van der Waals surface area contributed by atoms with E-state index in [1.165, 1.54) is 6.33 Å². The lowest BCUT2D eigenvalue weighted by atomic mass is 10.2. The van der Waals surface area contributed by atoms with Gasteiger partial charge in [-0.25, -0.2) is 14.8 Å². The Morgan fingerprint density at radius 3 is 2.96 bits per heavy atom. The molecular formula is C16H24N6O2. The lowest BCUT2D eigenvalue weighted by Crippen LogP contribution is -2.42. The molecule has 0 spiro atoms. The molecule has 1 amide bonds. The van der Waals surface area contributed by atoms with Crippen molar-refractivity contribution in [1.82, 2.24) is 24.6 Å². The van der Waals surface area contributed by atoms with E-state index < -0.39 is 5.60 Å². The Balaban J connectivity index is 1.68. The van der Waals surface area contributed by atoms with E-state index in [9.17, 15) is 4.79 Å². The summed E-state index contributed by atoms with van der Waals surface area (Å²) in [5, 5.41) is 8.42. The minimum Gasteiger partial charge on any atom is -0.444 e. The summed E-state index contributed by atoms with van der Waals surface area (Å²) < 4.78 is 7.21. The van der Waals surface area contributed by atoms with Crippen molar-refractivity contribution in [2.24, 2.45) is 7.05 Å². The molecule has 0 aromatic carbocycles. The van der Waals surface area contributed by atoms with Gasteiger partial charge in [0.05, 0.1) is 17.6 Å². The van der Waals surface area contributed by atoms with Crippen LogP contribution in [0.4, 0.5) is 10.6 Å². The molecule has 130 valence electrons. The first-order valence-electron chi connectivity index (χ1n) is 8.21. The summed E-state index contributed by atoms with van der Waals surface area (Å²) in [4.78, 5) is 22.7. The highest BCUT2D eigenvalue weighted by Crippen LogP contribution is 2.23. The summed E-state index contributed by atoms with van der Waals surface area (Å²) in [5.41, 5.74) is 0.301. The van der Waals surface area contributed by atoms with Crippen molar-refractivity contribution in [2.45, 2.75) is 45.3 Å². The first-order valence-corrected chi connectivity index (χ1v) is 8.21. The number of anilines is 1. The molecule has 3 heterocycles. The van der Waals surface area contributed by atoms with Gasteiger partial charge in [-0.05, 0) is 33.6 Å². The van der Waals surface area contributed by atoms with Gasteiger partial charge in [-0.2, -0.15) is 5.10 Å². The molecule has 0 saturated carbocycles. The number of nitrogens with one attached hydrogen (secondary N) is 1. The lowest BCUT2D eigenvalue weighted by Gasteiger charge is -2.28. The number of nitrogens with zero attached hydrogens (tertiary/aromatic N) is 5. The lowest BCUT2D eigenvalue weighted by molar-refractivity contribution is 0.0235. The summed E-state index contributed by atoms with van der Waals surface area (Å²) in [6.07, 6.45) is 4.96. The maximum absolute atomic E-state index is 12.3. The van der Waals surface area contributed by atoms with Crippen molar-refractivity contribution in [2.75, 3.05) is 18.4 Å². The average Bonchev–Trinajstić information content (AvgIpc) is 3.11. The number of aromatic nitrogens is 4. The Labute approximate surface area is 141 Å². The molecule has 0 radical (unpaired) electrons. The Morgan fingerprint density at radius 2 is 2.21 bits per heavy atom. The number of hydrogen-bond acceptors (Lipinski definition) is 6. The Hall–Kier alpha value is -2.38. The molecule has 2 aromatic rings. The molecule has 8 nitrogen and oxygen atoms in total. The van der Waals surface area contributed by atoms with Gasteiger partial charge < -0.3 is 15.0 Å². The Kier molecular flexibility index (Phi) is 4.29. The van der Waals surface area contributed by atoms with Crippen molar-refractivity contribution in [3.63, 3.8) is 0 Å². The third-order valence-electron chi connectivity index (χ3n) is 4.04. The number of fused-ring (bicyclic) bond motifs is 1. The fourth-order valence-corrected chi connectivity index (χ4v) is 2.93. The van der Waals surface area contributed by atoms with Gasteiger partial charge in [0.25, 0.3) is 0 Å². The van der Waals surface area contributed by atoms with Crippen LogP contribution in [0, 0.1) is 0 Å². The van der Waals surface area contributed by atoms with Crippen molar-refractivity contribution >= 4 is 22.9 Å². The number of aryl methyl sites for hydroxylation is 1. The first kappa shape index (κ1) is 16.5. The summed E-state index contributed by atoms with van der Waals surface area (Å²) >= 11 is 0. The highest BCUT2D eigenvalue weighted by molar-refractivity contribution is 5.86. The van der Waals surface area contributed by atoms with Crippen LogP contribution in [-0.2, 0) is 11.8 Å². The largest absolute Gasteiger partial charge is 0.444 e. The highest BCUT2D eigenvalue weighted by Gasteiger charge is 2.32. The van der Waals surface area contributed by atoms with Crippen LogP contribution in [0.2, 0.25) is 0 Å². The molecule has 8 heteroatoms. The normalized spacial score (nSPS) is 18.2. The highest BCUT2D eigenvalue weighted by atomic mass is 16.6. The van der Waals surface area contributed by atoms with Crippen LogP contribution < -0.4 is 5.32 Å². The molecule has 1 fully saturated rings. The third kappa shape index (κ3) is 3.42. The molecule has 0 unspecified atom stereocenters. The smallest absolute Gasteiger partial charge is 0.410 e. The van der Waals surface area contributed by atoms with Crippen LogP contribution in [0.1, 0.15) is 33.6 Å². The molecule has 24 heavy (non-hydrogen) atoms. The molecular weight excluding hydrogens is 308 g/mol. The van der Waals surface area contributed by atoms with E-state index >= 15 is 0 Å². The number of carbonyl (C=O) groups excluding carboxylic acids is 1. The zero-order valence-corrected chi connectivity index (χ0v) is 14.6. The van der Waals surface area contributed by atoms with Gasteiger partial charge in [0, 0.05) is 20.1 Å². The molecule has 1 saturated heterocycles. The summed E-state index contributed by atoms with van der Waals surface area (Å²) in [6, 6.07) is 0.0986. The van der Waals surface area contributed by atoms with E-state index in [0.717, 1.165) is 36.2 Å². The number of carbonyl (C=O) groups is 1. The third-order valence-corrected chi connectivity index (χ3v) is 4.04. The van der Waals surface area contributed by atoms with E-state index in [-0.39, 0.29) is 12.1 Å². The molecule has 1 atom stereocenters.